The zero-order valence-corrected chi connectivity index (χ0v) is 3.96. The van der Waals surface area contributed by atoms with Crippen LogP contribution in [0.4, 0.5) is 0 Å². The van der Waals surface area contributed by atoms with Gasteiger partial charge in [-0.15, -0.1) is 4.91 Å². The summed E-state index contributed by atoms with van der Waals surface area (Å²) in [6.45, 7) is 0.0324. The molecule has 3 heteroatoms. The Morgan fingerprint density at radius 1 is 1.71 bits per heavy atom. The average Bonchev–Trinajstić information content (AvgIpc) is 2.42. The Hall–Kier alpha value is -0.440. The van der Waals surface area contributed by atoms with Gasteiger partial charge in [0.05, 0.1) is 6.10 Å². The Kier molecular flexibility index (Phi) is 1.36. The van der Waals surface area contributed by atoms with Crippen molar-refractivity contribution >= 4 is 0 Å². The zero-order chi connectivity index (χ0) is 5.11. The molecule has 0 saturated heterocycles. The molecular formula is C4H7NO2. The van der Waals surface area contributed by atoms with E-state index in [-0.39, 0.29) is 6.73 Å². The molecule has 0 aromatic heterocycles. The van der Waals surface area contributed by atoms with Gasteiger partial charge in [-0.25, -0.2) is 0 Å². The van der Waals surface area contributed by atoms with E-state index in [1.54, 1.807) is 0 Å². The van der Waals surface area contributed by atoms with Crippen LogP contribution in [-0.4, -0.2) is 12.8 Å². The molecule has 1 aliphatic rings. The Labute approximate surface area is 41.6 Å². The van der Waals surface area contributed by atoms with Crippen LogP contribution in [0, 0.1) is 4.91 Å². The molecule has 0 spiro atoms. The SMILES string of the molecule is O=NCOC1CC1. The zero-order valence-electron chi connectivity index (χ0n) is 3.96. The lowest BCUT2D eigenvalue weighted by Crippen LogP contribution is -1.90. The van der Waals surface area contributed by atoms with E-state index >= 15 is 0 Å². The highest BCUT2D eigenvalue weighted by Crippen LogP contribution is 2.22. The Morgan fingerprint density at radius 3 is 2.86 bits per heavy atom. The molecule has 40 valence electrons. The molecule has 0 unspecified atom stereocenters. The molecule has 0 aliphatic heterocycles. The standard InChI is InChI=1S/C4H7NO2/c6-5-3-7-4-1-2-4/h4H,1-3H2. The second-order valence-corrected chi connectivity index (χ2v) is 1.62. The van der Waals surface area contributed by atoms with Crippen molar-refractivity contribution in [2.45, 2.75) is 18.9 Å². The van der Waals surface area contributed by atoms with Crippen LogP contribution >= 0.6 is 0 Å². The van der Waals surface area contributed by atoms with Crippen LogP contribution < -0.4 is 0 Å². The van der Waals surface area contributed by atoms with Gasteiger partial charge in [-0.1, -0.05) is 0 Å². The highest BCUT2D eigenvalue weighted by molar-refractivity contribution is 4.72. The van der Waals surface area contributed by atoms with Crippen molar-refractivity contribution in [1.82, 2.24) is 0 Å². The summed E-state index contributed by atoms with van der Waals surface area (Å²) in [5, 5.41) is 2.54. The van der Waals surface area contributed by atoms with E-state index in [0.717, 1.165) is 12.8 Å². The summed E-state index contributed by atoms with van der Waals surface area (Å²) >= 11 is 0. The fraction of sp³-hybridized carbons (Fsp3) is 1.00. The first-order chi connectivity index (χ1) is 3.43. The normalized spacial score (nSPS) is 19.4. The van der Waals surface area contributed by atoms with Gasteiger partial charge in [-0.05, 0) is 18.0 Å². The van der Waals surface area contributed by atoms with Crippen molar-refractivity contribution in [3.05, 3.63) is 4.91 Å². The first-order valence-corrected chi connectivity index (χ1v) is 2.34. The predicted molar refractivity (Wildman–Crippen MR) is 24.8 cm³/mol. The van der Waals surface area contributed by atoms with Crippen molar-refractivity contribution in [1.29, 1.82) is 0 Å². The summed E-state index contributed by atoms with van der Waals surface area (Å²) in [6.07, 6.45) is 2.57. The maximum atomic E-state index is 9.36. The quantitative estimate of drug-likeness (QED) is 0.495. The van der Waals surface area contributed by atoms with Gasteiger partial charge >= 0.3 is 0 Å². The van der Waals surface area contributed by atoms with Gasteiger partial charge in [-0.2, -0.15) is 0 Å². The lowest BCUT2D eigenvalue weighted by molar-refractivity contribution is 0.126. The van der Waals surface area contributed by atoms with Crippen LogP contribution in [0.1, 0.15) is 12.8 Å². The monoisotopic (exact) mass is 101 g/mol. The van der Waals surface area contributed by atoms with E-state index in [1.165, 1.54) is 0 Å². The number of hydrogen-bond acceptors (Lipinski definition) is 3. The van der Waals surface area contributed by atoms with Gasteiger partial charge in [0.15, 0.2) is 6.73 Å². The summed E-state index contributed by atoms with van der Waals surface area (Å²) in [5.41, 5.74) is 0. The van der Waals surface area contributed by atoms with E-state index in [9.17, 15) is 4.91 Å². The first-order valence-electron chi connectivity index (χ1n) is 2.34. The minimum atomic E-state index is 0.0324. The number of ether oxygens (including phenoxy) is 1. The average molecular weight is 101 g/mol. The molecule has 3 nitrogen and oxygen atoms in total. The minimum Gasteiger partial charge on any atom is -0.352 e. The number of hydrogen-bond donors (Lipinski definition) is 0. The van der Waals surface area contributed by atoms with Gasteiger partial charge in [0, 0.05) is 0 Å². The molecule has 1 saturated carbocycles. The molecule has 1 fully saturated rings. The van der Waals surface area contributed by atoms with Gasteiger partial charge in [0.25, 0.3) is 0 Å². The molecule has 0 N–H and O–H groups in total. The molecule has 0 aromatic carbocycles. The van der Waals surface area contributed by atoms with E-state index in [2.05, 4.69) is 5.18 Å². The van der Waals surface area contributed by atoms with E-state index in [1.807, 2.05) is 0 Å². The maximum absolute atomic E-state index is 9.36. The largest absolute Gasteiger partial charge is 0.352 e. The van der Waals surface area contributed by atoms with E-state index in [0.29, 0.717) is 6.10 Å². The Bertz CT molecular complexity index is 70.1. The van der Waals surface area contributed by atoms with Crippen LogP contribution in [0.2, 0.25) is 0 Å². The molecule has 0 aromatic rings. The third kappa shape index (κ3) is 1.64. The van der Waals surface area contributed by atoms with Crippen LogP contribution in [0.15, 0.2) is 5.18 Å². The second-order valence-electron chi connectivity index (χ2n) is 1.62. The molecule has 1 aliphatic carbocycles. The van der Waals surface area contributed by atoms with Gasteiger partial charge in [0.2, 0.25) is 0 Å². The predicted octanol–water partition coefficient (Wildman–Crippen LogP) is 0.889. The van der Waals surface area contributed by atoms with Crippen LogP contribution in [0.5, 0.6) is 0 Å². The highest BCUT2D eigenvalue weighted by Gasteiger charge is 2.21. The second kappa shape index (κ2) is 2.02. The molecule has 1 rings (SSSR count). The van der Waals surface area contributed by atoms with Crippen LogP contribution in [0.3, 0.4) is 0 Å². The fourth-order valence-corrected chi connectivity index (χ4v) is 0.371. The number of rotatable bonds is 3. The van der Waals surface area contributed by atoms with Crippen LogP contribution in [0.25, 0.3) is 0 Å². The van der Waals surface area contributed by atoms with Crippen molar-refractivity contribution < 1.29 is 4.74 Å². The van der Waals surface area contributed by atoms with Crippen molar-refractivity contribution in [3.63, 3.8) is 0 Å². The van der Waals surface area contributed by atoms with Crippen molar-refractivity contribution in [3.8, 4) is 0 Å². The summed E-state index contributed by atoms with van der Waals surface area (Å²) in [5.74, 6) is 0. The van der Waals surface area contributed by atoms with E-state index < -0.39 is 0 Å². The Balaban J connectivity index is 1.88. The lowest BCUT2D eigenvalue weighted by Gasteiger charge is -1.87. The van der Waals surface area contributed by atoms with Gasteiger partial charge in [-0.3, -0.25) is 0 Å². The molecule has 0 atom stereocenters. The molecule has 0 bridgehead atoms. The lowest BCUT2D eigenvalue weighted by atomic mass is 10.8. The van der Waals surface area contributed by atoms with Gasteiger partial charge < -0.3 is 4.74 Å². The third-order valence-corrected chi connectivity index (χ3v) is 0.887. The smallest absolute Gasteiger partial charge is 0.179 e. The van der Waals surface area contributed by atoms with Crippen molar-refractivity contribution in [2.75, 3.05) is 6.73 Å². The Morgan fingerprint density at radius 2 is 2.43 bits per heavy atom. The molecule has 0 amide bonds. The third-order valence-electron chi connectivity index (χ3n) is 0.887. The molecule has 0 heterocycles. The summed E-state index contributed by atoms with van der Waals surface area (Å²) in [7, 11) is 0. The number of nitrogens with zero attached hydrogens (tertiary/aromatic N) is 1. The first kappa shape index (κ1) is 4.71. The molecule has 7 heavy (non-hydrogen) atoms. The van der Waals surface area contributed by atoms with Gasteiger partial charge in [0.1, 0.15) is 0 Å². The summed E-state index contributed by atoms with van der Waals surface area (Å²) < 4.78 is 4.82. The fourth-order valence-electron chi connectivity index (χ4n) is 0.371. The summed E-state index contributed by atoms with van der Waals surface area (Å²) in [6, 6.07) is 0. The maximum Gasteiger partial charge on any atom is 0.179 e. The topological polar surface area (TPSA) is 38.7 Å². The number of nitroso groups, excluding NO2 is 1. The van der Waals surface area contributed by atoms with E-state index in [4.69, 9.17) is 4.74 Å². The summed E-state index contributed by atoms with van der Waals surface area (Å²) in [4.78, 5) is 9.36. The molecular weight excluding hydrogens is 94.0 g/mol. The van der Waals surface area contributed by atoms with Crippen LogP contribution in [-0.2, 0) is 4.74 Å². The highest BCUT2D eigenvalue weighted by atomic mass is 16.5. The molecule has 0 radical (unpaired) electrons. The minimum absolute atomic E-state index is 0.0324. The van der Waals surface area contributed by atoms with Crippen molar-refractivity contribution in [2.24, 2.45) is 5.18 Å².